The van der Waals surface area contributed by atoms with E-state index in [2.05, 4.69) is 25.0 Å². The van der Waals surface area contributed by atoms with Gasteiger partial charge in [0.2, 0.25) is 0 Å². The molecular weight excluding hydrogens is 334 g/mol. The normalized spacial score (nSPS) is 11.4. The van der Waals surface area contributed by atoms with Crippen LogP contribution in [0.15, 0.2) is 24.7 Å². The monoisotopic (exact) mass is 343 g/mol. The number of aromatic amines is 1. The molecule has 4 rings (SSSR count). The lowest BCUT2D eigenvalue weighted by atomic mass is 10.2. The number of nitrogens with zero attached hydrogens (tertiary/aromatic N) is 5. The Morgan fingerprint density at radius 3 is 2.96 bits per heavy atom. The molecule has 0 radical (unpaired) electrons. The van der Waals surface area contributed by atoms with Gasteiger partial charge in [0.05, 0.1) is 16.1 Å². The molecule has 4 heterocycles. The summed E-state index contributed by atoms with van der Waals surface area (Å²) < 4.78 is 1.25. The minimum Gasteiger partial charge on any atom is -0.480 e. The van der Waals surface area contributed by atoms with Gasteiger partial charge in [0.25, 0.3) is 0 Å². The molecule has 0 atom stereocenters. The highest BCUT2D eigenvalue weighted by Gasteiger charge is 2.22. The molecule has 0 aromatic carbocycles. The van der Waals surface area contributed by atoms with Crippen LogP contribution in [0.3, 0.4) is 0 Å². The SMILES string of the molecule is Nc1ncnc2c1c(-c1[nH]c3ncccc3c1Cl)nn2CC(=O)O. The van der Waals surface area contributed by atoms with Gasteiger partial charge in [0.15, 0.2) is 5.65 Å². The van der Waals surface area contributed by atoms with Crippen LogP contribution in [0, 0.1) is 0 Å². The Morgan fingerprint density at radius 1 is 1.38 bits per heavy atom. The minimum absolute atomic E-state index is 0.189. The molecule has 4 aromatic rings. The number of halogens is 1. The fourth-order valence-electron chi connectivity index (χ4n) is 2.60. The summed E-state index contributed by atoms with van der Waals surface area (Å²) in [7, 11) is 0. The summed E-state index contributed by atoms with van der Waals surface area (Å²) in [5.41, 5.74) is 7.74. The van der Waals surface area contributed by atoms with Crippen LogP contribution in [-0.4, -0.2) is 40.8 Å². The van der Waals surface area contributed by atoms with E-state index in [0.717, 1.165) is 5.39 Å². The van der Waals surface area contributed by atoms with E-state index >= 15 is 0 Å². The number of pyridine rings is 1. The first-order valence-electron chi connectivity index (χ1n) is 6.87. The average Bonchev–Trinajstić information content (AvgIpc) is 3.07. The number of anilines is 1. The van der Waals surface area contributed by atoms with Crippen molar-refractivity contribution in [2.24, 2.45) is 0 Å². The number of carboxylic acids is 1. The molecule has 24 heavy (non-hydrogen) atoms. The maximum absolute atomic E-state index is 11.1. The van der Waals surface area contributed by atoms with Gasteiger partial charge in [-0.25, -0.2) is 19.6 Å². The van der Waals surface area contributed by atoms with E-state index < -0.39 is 5.97 Å². The number of fused-ring (bicyclic) bond motifs is 2. The van der Waals surface area contributed by atoms with Crippen LogP contribution in [0.4, 0.5) is 5.82 Å². The molecule has 0 bridgehead atoms. The molecule has 4 N–H and O–H groups in total. The van der Waals surface area contributed by atoms with E-state index in [0.29, 0.717) is 33.1 Å². The van der Waals surface area contributed by atoms with E-state index in [9.17, 15) is 4.79 Å². The molecule has 0 aliphatic rings. The van der Waals surface area contributed by atoms with E-state index in [1.54, 1.807) is 12.3 Å². The van der Waals surface area contributed by atoms with Crippen LogP contribution in [0.2, 0.25) is 5.02 Å². The number of nitrogen functional groups attached to an aromatic ring is 1. The molecule has 0 saturated carbocycles. The van der Waals surface area contributed by atoms with E-state index in [4.69, 9.17) is 22.4 Å². The number of hydrogen-bond acceptors (Lipinski definition) is 6. The van der Waals surface area contributed by atoms with Crippen molar-refractivity contribution in [3.63, 3.8) is 0 Å². The summed E-state index contributed by atoms with van der Waals surface area (Å²) in [6.45, 7) is -0.358. The summed E-state index contributed by atoms with van der Waals surface area (Å²) in [6.07, 6.45) is 2.90. The zero-order valence-corrected chi connectivity index (χ0v) is 12.8. The second kappa shape index (κ2) is 5.17. The van der Waals surface area contributed by atoms with Crippen LogP contribution in [-0.2, 0) is 11.3 Å². The van der Waals surface area contributed by atoms with E-state index in [-0.39, 0.29) is 12.4 Å². The highest BCUT2D eigenvalue weighted by Crippen LogP contribution is 2.37. The summed E-state index contributed by atoms with van der Waals surface area (Å²) in [6, 6.07) is 3.59. The van der Waals surface area contributed by atoms with Gasteiger partial charge in [-0.3, -0.25) is 4.79 Å². The van der Waals surface area contributed by atoms with Crippen molar-refractivity contribution in [2.75, 3.05) is 5.73 Å². The highest BCUT2D eigenvalue weighted by atomic mass is 35.5. The Kier molecular flexibility index (Phi) is 3.10. The minimum atomic E-state index is -1.05. The number of hydrogen-bond donors (Lipinski definition) is 3. The first kappa shape index (κ1) is 14.4. The van der Waals surface area contributed by atoms with Gasteiger partial charge >= 0.3 is 5.97 Å². The molecular formula is C14H10ClN7O2. The van der Waals surface area contributed by atoms with Gasteiger partial charge in [0.1, 0.15) is 30.0 Å². The van der Waals surface area contributed by atoms with Crippen molar-refractivity contribution in [1.29, 1.82) is 0 Å². The number of carbonyl (C=O) groups is 1. The molecule has 10 heteroatoms. The molecule has 120 valence electrons. The summed E-state index contributed by atoms with van der Waals surface area (Å²) in [5.74, 6) is -0.859. The van der Waals surface area contributed by atoms with Crippen LogP contribution < -0.4 is 5.73 Å². The standard InChI is InChI=1S/C14H10ClN7O2/c15-9-6-2-1-3-17-13(6)20-11(9)10-8-12(16)18-5-19-14(8)22(21-10)4-7(23)24/h1-3,5H,4H2,(H,17,20)(H,23,24)(H2,16,18,19). The van der Waals surface area contributed by atoms with E-state index in [1.807, 2.05) is 6.07 Å². The lowest BCUT2D eigenvalue weighted by molar-refractivity contribution is -0.137. The molecule has 0 unspecified atom stereocenters. The lowest BCUT2D eigenvalue weighted by Crippen LogP contribution is -2.10. The molecule has 0 aliphatic carbocycles. The third-order valence-corrected chi connectivity index (χ3v) is 3.98. The number of rotatable bonds is 3. The second-order valence-electron chi connectivity index (χ2n) is 5.07. The Hall–Kier alpha value is -3.20. The predicted octanol–water partition coefficient (Wildman–Crippen LogP) is 1.69. The van der Waals surface area contributed by atoms with Gasteiger partial charge in [-0.1, -0.05) is 11.6 Å². The van der Waals surface area contributed by atoms with Crippen molar-refractivity contribution in [3.05, 3.63) is 29.7 Å². The van der Waals surface area contributed by atoms with Gasteiger partial charge < -0.3 is 15.8 Å². The summed E-state index contributed by atoms with van der Waals surface area (Å²) in [5, 5.41) is 15.0. The fraction of sp³-hybridized carbons (Fsp3) is 0.0714. The Labute approximate surface area is 139 Å². The fourth-order valence-corrected chi connectivity index (χ4v) is 2.89. The predicted molar refractivity (Wildman–Crippen MR) is 87.5 cm³/mol. The van der Waals surface area contributed by atoms with Crippen molar-refractivity contribution in [2.45, 2.75) is 6.54 Å². The maximum Gasteiger partial charge on any atom is 0.325 e. The molecule has 9 nitrogen and oxygen atoms in total. The Bertz CT molecular complexity index is 1100. The molecule has 0 fully saturated rings. The molecule has 0 spiro atoms. The van der Waals surface area contributed by atoms with Crippen molar-refractivity contribution in [1.82, 2.24) is 29.7 Å². The van der Waals surface area contributed by atoms with Crippen LogP contribution in [0.1, 0.15) is 0 Å². The first-order valence-corrected chi connectivity index (χ1v) is 7.25. The molecule has 0 saturated heterocycles. The number of carboxylic acid groups (broad SMARTS) is 1. The number of nitrogens with two attached hydrogens (primary N) is 1. The second-order valence-corrected chi connectivity index (χ2v) is 5.45. The lowest BCUT2D eigenvalue weighted by Gasteiger charge is -1.98. The zero-order valence-electron chi connectivity index (χ0n) is 12.1. The van der Waals surface area contributed by atoms with Gasteiger partial charge in [0, 0.05) is 11.6 Å². The zero-order chi connectivity index (χ0) is 16.8. The smallest absolute Gasteiger partial charge is 0.325 e. The molecule has 0 amide bonds. The highest BCUT2D eigenvalue weighted by molar-refractivity contribution is 6.38. The first-order chi connectivity index (χ1) is 11.6. The van der Waals surface area contributed by atoms with Crippen LogP contribution in [0.25, 0.3) is 33.5 Å². The van der Waals surface area contributed by atoms with Gasteiger partial charge in [-0.15, -0.1) is 0 Å². The summed E-state index contributed by atoms with van der Waals surface area (Å²) in [4.78, 5) is 26.4. The number of H-pyrrole nitrogens is 1. The van der Waals surface area contributed by atoms with Crippen LogP contribution in [0.5, 0.6) is 0 Å². The van der Waals surface area contributed by atoms with Crippen molar-refractivity contribution < 1.29 is 9.90 Å². The number of aromatic nitrogens is 6. The Balaban J connectivity index is 2.05. The Morgan fingerprint density at radius 2 is 2.21 bits per heavy atom. The van der Waals surface area contributed by atoms with Gasteiger partial charge in [-0.2, -0.15) is 5.10 Å². The third-order valence-electron chi connectivity index (χ3n) is 3.59. The quantitative estimate of drug-likeness (QED) is 0.515. The third kappa shape index (κ3) is 2.06. The maximum atomic E-state index is 11.1. The number of nitrogens with one attached hydrogen (secondary N) is 1. The molecule has 0 aliphatic heterocycles. The summed E-state index contributed by atoms with van der Waals surface area (Å²) >= 11 is 6.44. The van der Waals surface area contributed by atoms with Crippen molar-refractivity contribution >= 4 is 45.5 Å². The van der Waals surface area contributed by atoms with Crippen LogP contribution >= 0.6 is 11.6 Å². The van der Waals surface area contributed by atoms with Crippen molar-refractivity contribution in [3.8, 4) is 11.4 Å². The molecule has 4 aromatic heterocycles. The average molecular weight is 344 g/mol. The number of aliphatic carboxylic acids is 1. The topological polar surface area (TPSA) is 136 Å². The largest absolute Gasteiger partial charge is 0.480 e. The van der Waals surface area contributed by atoms with Gasteiger partial charge in [-0.05, 0) is 12.1 Å². The van der Waals surface area contributed by atoms with E-state index in [1.165, 1.54) is 11.0 Å².